The molecule has 2 nitrogen and oxygen atoms in total. The predicted octanol–water partition coefficient (Wildman–Crippen LogP) is 4.71. The molecule has 1 aliphatic carbocycles. The maximum Gasteiger partial charge on any atom is 0.391 e. The normalized spacial score (nSPS) is 24.2. The number of fused-ring (bicyclic) bond motifs is 1. The fraction of sp³-hybridized carbons (Fsp3) is 0.533. The lowest BCUT2D eigenvalue weighted by molar-refractivity contribution is -0.182. The molecule has 3 rings (SSSR count). The van der Waals surface area contributed by atoms with Crippen molar-refractivity contribution in [2.24, 2.45) is 5.92 Å². The average molecular weight is 282 g/mol. The molecule has 0 radical (unpaired) electrons. The minimum Gasteiger partial charge on any atom is -0.342 e. The van der Waals surface area contributed by atoms with E-state index in [2.05, 4.69) is 9.97 Å². The summed E-state index contributed by atoms with van der Waals surface area (Å²) >= 11 is 0. The average Bonchev–Trinajstić information content (AvgIpc) is 2.83. The molecule has 0 saturated heterocycles. The van der Waals surface area contributed by atoms with Crippen molar-refractivity contribution in [1.82, 2.24) is 9.97 Å². The Labute approximate surface area is 115 Å². The van der Waals surface area contributed by atoms with Crippen LogP contribution in [-0.4, -0.2) is 16.1 Å². The minimum atomic E-state index is -4.05. The number of hydrogen-bond acceptors (Lipinski definition) is 1. The fourth-order valence-electron chi connectivity index (χ4n) is 3.08. The first-order valence-corrected chi connectivity index (χ1v) is 6.97. The van der Waals surface area contributed by atoms with Crippen LogP contribution in [0.25, 0.3) is 11.0 Å². The monoisotopic (exact) mass is 282 g/mol. The molecule has 1 aromatic heterocycles. The van der Waals surface area contributed by atoms with Crippen LogP contribution in [0.3, 0.4) is 0 Å². The maximum atomic E-state index is 12.7. The summed E-state index contributed by atoms with van der Waals surface area (Å²) in [4.78, 5) is 7.85. The zero-order valence-corrected chi connectivity index (χ0v) is 11.3. The van der Waals surface area contributed by atoms with Crippen molar-refractivity contribution in [3.8, 4) is 0 Å². The maximum absolute atomic E-state index is 12.7. The number of alkyl halides is 3. The topological polar surface area (TPSA) is 28.7 Å². The second-order valence-corrected chi connectivity index (χ2v) is 5.68. The Morgan fingerprint density at radius 2 is 1.85 bits per heavy atom. The van der Waals surface area contributed by atoms with Gasteiger partial charge in [0.2, 0.25) is 0 Å². The van der Waals surface area contributed by atoms with Crippen LogP contribution < -0.4 is 0 Å². The van der Waals surface area contributed by atoms with E-state index in [0.717, 1.165) is 22.4 Å². The Kier molecular flexibility index (Phi) is 3.22. The molecule has 1 saturated carbocycles. The molecule has 1 N–H and O–H groups in total. The summed E-state index contributed by atoms with van der Waals surface area (Å²) < 4.78 is 38.0. The van der Waals surface area contributed by atoms with E-state index < -0.39 is 12.1 Å². The number of aromatic amines is 1. The van der Waals surface area contributed by atoms with Crippen LogP contribution in [0.4, 0.5) is 13.2 Å². The largest absolute Gasteiger partial charge is 0.391 e. The van der Waals surface area contributed by atoms with Gasteiger partial charge in [0, 0.05) is 5.92 Å². The molecule has 0 spiro atoms. The van der Waals surface area contributed by atoms with Crippen LogP contribution in [0.2, 0.25) is 0 Å². The Bertz CT molecular complexity index is 607. The number of H-pyrrole nitrogens is 1. The van der Waals surface area contributed by atoms with Crippen LogP contribution in [0.15, 0.2) is 18.2 Å². The predicted molar refractivity (Wildman–Crippen MR) is 71.6 cm³/mol. The summed E-state index contributed by atoms with van der Waals surface area (Å²) in [6.07, 6.45) is -2.50. The number of nitrogens with zero attached hydrogens (tertiary/aromatic N) is 1. The van der Waals surface area contributed by atoms with Gasteiger partial charge in [-0.15, -0.1) is 0 Å². The Morgan fingerprint density at radius 3 is 2.45 bits per heavy atom. The van der Waals surface area contributed by atoms with Crippen molar-refractivity contribution in [3.63, 3.8) is 0 Å². The highest BCUT2D eigenvalue weighted by atomic mass is 19.4. The number of nitrogens with one attached hydrogen (secondary N) is 1. The van der Waals surface area contributed by atoms with Crippen LogP contribution >= 0.6 is 0 Å². The fourth-order valence-corrected chi connectivity index (χ4v) is 3.08. The van der Waals surface area contributed by atoms with Gasteiger partial charge >= 0.3 is 6.18 Å². The number of imidazole rings is 1. The summed E-state index contributed by atoms with van der Waals surface area (Å²) in [6.45, 7) is 1.99. The van der Waals surface area contributed by atoms with E-state index in [1.807, 2.05) is 25.1 Å². The molecule has 0 unspecified atom stereocenters. The second-order valence-electron chi connectivity index (χ2n) is 5.68. The number of aromatic nitrogens is 2. The van der Waals surface area contributed by atoms with E-state index >= 15 is 0 Å². The number of aryl methyl sites for hydroxylation is 1. The molecule has 2 aromatic rings. The van der Waals surface area contributed by atoms with E-state index in [0.29, 0.717) is 12.8 Å². The number of benzene rings is 1. The molecular formula is C15H17F3N2. The second kappa shape index (κ2) is 4.79. The summed E-state index contributed by atoms with van der Waals surface area (Å²) in [6, 6.07) is 5.91. The highest BCUT2D eigenvalue weighted by Crippen LogP contribution is 2.42. The number of hydrogen-bond donors (Lipinski definition) is 1. The zero-order valence-electron chi connectivity index (χ0n) is 11.3. The molecule has 1 heterocycles. The summed E-state index contributed by atoms with van der Waals surface area (Å²) in [5.74, 6) is -0.166. The third kappa shape index (κ3) is 2.41. The third-order valence-electron chi connectivity index (χ3n) is 4.31. The van der Waals surface area contributed by atoms with E-state index in [9.17, 15) is 13.2 Å². The van der Waals surface area contributed by atoms with Gasteiger partial charge in [-0.25, -0.2) is 4.98 Å². The van der Waals surface area contributed by atoms with E-state index in [4.69, 9.17) is 0 Å². The molecule has 1 aliphatic rings. The van der Waals surface area contributed by atoms with Gasteiger partial charge in [-0.2, -0.15) is 13.2 Å². The van der Waals surface area contributed by atoms with Gasteiger partial charge in [-0.1, -0.05) is 12.1 Å². The summed E-state index contributed by atoms with van der Waals surface area (Å²) in [5, 5.41) is 0. The van der Waals surface area contributed by atoms with Gasteiger partial charge in [-0.05, 0) is 44.2 Å². The van der Waals surface area contributed by atoms with Crippen LogP contribution in [0, 0.1) is 12.8 Å². The smallest absolute Gasteiger partial charge is 0.342 e. The van der Waals surface area contributed by atoms with Crippen molar-refractivity contribution >= 4 is 11.0 Å². The molecule has 5 heteroatoms. The van der Waals surface area contributed by atoms with Gasteiger partial charge < -0.3 is 4.98 Å². The number of rotatable bonds is 1. The van der Waals surface area contributed by atoms with Crippen molar-refractivity contribution in [2.45, 2.75) is 44.7 Å². The lowest BCUT2D eigenvalue weighted by Crippen LogP contribution is -2.27. The van der Waals surface area contributed by atoms with Gasteiger partial charge in [0.15, 0.2) is 0 Å². The van der Waals surface area contributed by atoms with Gasteiger partial charge in [0.1, 0.15) is 5.82 Å². The first kappa shape index (κ1) is 13.5. The quantitative estimate of drug-likeness (QED) is 0.806. The molecule has 0 atom stereocenters. The van der Waals surface area contributed by atoms with Crippen molar-refractivity contribution in [2.75, 3.05) is 0 Å². The van der Waals surface area contributed by atoms with Gasteiger partial charge in [0.05, 0.1) is 17.0 Å². The first-order valence-electron chi connectivity index (χ1n) is 6.97. The summed E-state index contributed by atoms with van der Waals surface area (Å²) in [5.41, 5.74) is 2.99. The molecule has 1 fully saturated rings. The van der Waals surface area contributed by atoms with Crippen molar-refractivity contribution in [1.29, 1.82) is 0 Å². The Hall–Kier alpha value is -1.52. The highest BCUT2D eigenvalue weighted by molar-refractivity contribution is 5.78. The highest BCUT2D eigenvalue weighted by Gasteiger charge is 2.41. The molecule has 1 aromatic carbocycles. The third-order valence-corrected chi connectivity index (χ3v) is 4.31. The van der Waals surface area contributed by atoms with Crippen LogP contribution in [0.5, 0.6) is 0 Å². The Morgan fingerprint density at radius 1 is 1.15 bits per heavy atom. The van der Waals surface area contributed by atoms with Gasteiger partial charge in [0.25, 0.3) is 0 Å². The van der Waals surface area contributed by atoms with E-state index in [1.54, 1.807) is 0 Å². The first-order chi connectivity index (χ1) is 9.45. The standard InChI is InChI=1S/C15H17F3N2/c1-9-3-2-4-12-13(9)20-14(19-12)10-5-7-11(8-6-10)15(16,17)18/h2-4,10-11H,5-8H2,1H3,(H,19,20). The minimum absolute atomic E-state index is 0.125. The van der Waals surface area contributed by atoms with Crippen LogP contribution in [0.1, 0.15) is 43.0 Å². The molecule has 108 valence electrons. The lowest BCUT2D eigenvalue weighted by Gasteiger charge is -2.28. The lowest BCUT2D eigenvalue weighted by atomic mass is 9.81. The Balaban J connectivity index is 1.78. The molecule has 20 heavy (non-hydrogen) atoms. The SMILES string of the molecule is Cc1cccc2[nH]c(C3CCC(C(F)(F)F)CC3)nc12. The molecule has 0 bridgehead atoms. The molecule has 0 amide bonds. The number of para-hydroxylation sites is 1. The van der Waals surface area contributed by atoms with Crippen molar-refractivity contribution in [3.05, 3.63) is 29.6 Å². The molecular weight excluding hydrogens is 265 g/mol. The van der Waals surface area contributed by atoms with Crippen molar-refractivity contribution < 1.29 is 13.2 Å². The summed E-state index contributed by atoms with van der Waals surface area (Å²) in [7, 11) is 0. The zero-order chi connectivity index (χ0) is 14.3. The van der Waals surface area contributed by atoms with Crippen LogP contribution in [-0.2, 0) is 0 Å². The van der Waals surface area contributed by atoms with Gasteiger partial charge in [-0.3, -0.25) is 0 Å². The number of halogens is 3. The van der Waals surface area contributed by atoms with E-state index in [1.165, 1.54) is 0 Å². The molecule has 0 aliphatic heterocycles. The van der Waals surface area contributed by atoms with E-state index in [-0.39, 0.29) is 18.8 Å².